The number of rotatable bonds is 7. The molecule has 0 spiro atoms. The van der Waals surface area contributed by atoms with E-state index >= 15 is 0 Å². The van der Waals surface area contributed by atoms with Crippen LogP contribution in [0.3, 0.4) is 0 Å². The van der Waals surface area contributed by atoms with E-state index in [1.807, 2.05) is 19.1 Å². The molecular formula is C25H22ClF3N8O. The summed E-state index contributed by atoms with van der Waals surface area (Å²) in [6.07, 6.45) is -0.324. The second-order valence-electron chi connectivity index (χ2n) is 8.92. The van der Waals surface area contributed by atoms with Gasteiger partial charge in [0, 0.05) is 47.7 Å². The summed E-state index contributed by atoms with van der Waals surface area (Å²) in [6, 6.07) is 9.51. The molecule has 9 nitrogen and oxygen atoms in total. The Morgan fingerprint density at radius 2 is 1.87 bits per heavy atom. The molecule has 5 rings (SSSR count). The Morgan fingerprint density at radius 3 is 2.58 bits per heavy atom. The first-order valence-electron chi connectivity index (χ1n) is 11.7. The van der Waals surface area contributed by atoms with Gasteiger partial charge in [-0.1, -0.05) is 17.7 Å². The molecule has 38 heavy (non-hydrogen) atoms. The van der Waals surface area contributed by atoms with Gasteiger partial charge in [-0.3, -0.25) is 10.4 Å². The topological polar surface area (TPSA) is 121 Å². The molecule has 1 saturated carbocycles. The van der Waals surface area contributed by atoms with E-state index in [0.29, 0.717) is 29.8 Å². The van der Waals surface area contributed by atoms with Gasteiger partial charge in [0.1, 0.15) is 17.5 Å². The van der Waals surface area contributed by atoms with Gasteiger partial charge in [0.15, 0.2) is 5.82 Å². The zero-order valence-corrected chi connectivity index (χ0v) is 20.8. The Labute approximate surface area is 220 Å². The van der Waals surface area contributed by atoms with Crippen LogP contribution in [-0.2, 0) is 12.6 Å². The molecule has 1 aliphatic rings. The van der Waals surface area contributed by atoms with E-state index in [0.717, 1.165) is 29.1 Å². The zero-order chi connectivity index (χ0) is 26.9. The monoisotopic (exact) mass is 542 g/mol. The average molecular weight is 543 g/mol. The smallest absolute Gasteiger partial charge is 0.323 e. The second-order valence-corrected chi connectivity index (χ2v) is 9.33. The molecule has 1 aliphatic carbocycles. The number of nitrogens with zero attached hydrogens (tertiary/aromatic N) is 4. The molecular weight excluding hydrogens is 521 g/mol. The van der Waals surface area contributed by atoms with Crippen molar-refractivity contribution in [2.45, 2.75) is 38.3 Å². The highest BCUT2D eigenvalue weighted by Crippen LogP contribution is 2.39. The number of hydrogen-bond donors (Lipinski definition) is 4. The highest BCUT2D eigenvalue weighted by molar-refractivity contribution is 6.31. The van der Waals surface area contributed by atoms with Crippen LogP contribution in [0.25, 0.3) is 0 Å². The van der Waals surface area contributed by atoms with Crippen molar-refractivity contribution >= 4 is 40.8 Å². The number of alkyl halides is 3. The summed E-state index contributed by atoms with van der Waals surface area (Å²) < 4.78 is 39.1. The quantitative estimate of drug-likeness (QED) is 0.213. The molecule has 0 radical (unpaired) electrons. The predicted molar refractivity (Wildman–Crippen MR) is 137 cm³/mol. The fourth-order valence-corrected chi connectivity index (χ4v) is 4.02. The molecule has 0 bridgehead atoms. The number of aromatic amines is 1. The van der Waals surface area contributed by atoms with Crippen LogP contribution in [0.2, 0.25) is 5.02 Å². The fraction of sp³-hybridized carbons (Fsp3) is 0.240. The third-order valence-electron chi connectivity index (χ3n) is 5.73. The number of pyridine rings is 1. The van der Waals surface area contributed by atoms with E-state index in [2.05, 4.69) is 41.1 Å². The number of anilines is 4. The zero-order valence-electron chi connectivity index (χ0n) is 20.0. The summed E-state index contributed by atoms with van der Waals surface area (Å²) in [4.78, 5) is 25.5. The van der Waals surface area contributed by atoms with Crippen molar-refractivity contribution in [1.82, 2.24) is 25.1 Å². The van der Waals surface area contributed by atoms with Crippen LogP contribution in [0, 0.1) is 6.92 Å². The van der Waals surface area contributed by atoms with E-state index < -0.39 is 22.8 Å². The van der Waals surface area contributed by atoms with Gasteiger partial charge in [-0.2, -0.15) is 18.3 Å². The minimum absolute atomic E-state index is 0.0598. The van der Waals surface area contributed by atoms with Gasteiger partial charge in [-0.05, 0) is 49.6 Å². The van der Waals surface area contributed by atoms with Crippen molar-refractivity contribution in [3.05, 3.63) is 82.0 Å². The largest absolute Gasteiger partial charge is 0.417 e. The third kappa shape index (κ3) is 6.38. The maximum atomic E-state index is 13.0. The van der Waals surface area contributed by atoms with E-state index in [9.17, 15) is 18.0 Å². The number of aryl methyl sites for hydroxylation is 1. The number of amides is 2. The maximum Gasteiger partial charge on any atom is 0.417 e. The Balaban J connectivity index is 1.20. The van der Waals surface area contributed by atoms with Crippen LogP contribution < -0.4 is 16.0 Å². The highest BCUT2D eigenvalue weighted by atomic mass is 35.5. The average Bonchev–Trinajstić information content (AvgIpc) is 3.59. The maximum absolute atomic E-state index is 13.0. The lowest BCUT2D eigenvalue weighted by Crippen LogP contribution is -2.20. The first-order chi connectivity index (χ1) is 18.1. The molecule has 3 aromatic heterocycles. The molecule has 13 heteroatoms. The molecule has 1 fully saturated rings. The number of carbonyl (C=O) groups excluding carboxylic acids is 1. The van der Waals surface area contributed by atoms with Gasteiger partial charge in [-0.15, -0.1) is 0 Å². The van der Waals surface area contributed by atoms with Crippen molar-refractivity contribution in [2.24, 2.45) is 0 Å². The fourth-order valence-electron chi connectivity index (χ4n) is 3.79. The first kappa shape index (κ1) is 25.5. The summed E-state index contributed by atoms with van der Waals surface area (Å²) in [6.45, 7) is 1.87. The van der Waals surface area contributed by atoms with Crippen LogP contribution in [0.5, 0.6) is 0 Å². The number of nitrogens with one attached hydrogen (secondary N) is 4. The predicted octanol–water partition coefficient (Wildman–Crippen LogP) is 6.43. The molecule has 3 heterocycles. The Morgan fingerprint density at radius 1 is 1.05 bits per heavy atom. The molecule has 0 unspecified atom stereocenters. The van der Waals surface area contributed by atoms with Crippen LogP contribution >= 0.6 is 11.6 Å². The van der Waals surface area contributed by atoms with Crippen LogP contribution in [0.1, 0.15) is 47.1 Å². The van der Waals surface area contributed by atoms with Gasteiger partial charge in [0.25, 0.3) is 0 Å². The van der Waals surface area contributed by atoms with Crippen molar-refractivity contribution in [2.75, 3.05) is 16.0 Å². The van der Waals surface area contributed by atoms with Gasteiger partial charge < -0.3 is 10.6 Å². The van der Waals surface area contributed by atoms with Crippen molar-refractivity contribution in [1.29, 1.82) is 0 Å². The third-order valence-corrected chi connectivity index (χ3v) is 6.06. The SMILES string of the molecule is Cc1cc(Nc2cc(C3CC3)[nH]n2)nc(Cc2ccc(NC(=O)Nc3ccc(Cl)c(C(F)(F)F)c3)nc2)n1. The van der Waals surface area contributed by atoms with Crippen molar-refractivity contribution in [3.63, 3.8) is 0 Å². The molecule has 0 aliphatic heterocycles. The lowest BCUT2D eigenvalue weighted by Gasteiger charge is -2.12. The summed E-state index contributed by atoms with van der Waals surface area (Å²) in [7, 11) is 0. The number of urea groups is 1. The number of halogens is 4. The Kier molecular flexibility index (Phi) is 6.89. The van der Waals surface area contributed by atoms with Gasteiger partial charge in [0.05, 0.1) is 10.6 Å². The number of aromatic nitrogens is 5. The van der Waals surface area contributed by atoms with Gasteiger partial charge in [0.2, 0.25) is 0 Å². The molecule has 1 aromatic carbocycles. The number of carbonyl (C=O) groups is 1. The lowest BCUT2D eigenvalue weighted by atomic mass is 10.2. The summed E-state index contributed by atoms with van der Waals surface area (Å²) in [5.74, 6) is 2.68. The number of hydrogen-bond acceptors (Lipinski definition) is 6. The summed E-state index contributed by atoms with van der Waals surface area (Å²) >= 11 is 5.61. The van der Waals surface area contributed by atoms with Crippen LogP contribution in [-0.4, -0.2) is 31.2 Å². The first-order valence-corrected chi connectivity index (χ1v) is 12.1. The number of benzene rings is 1. The van der Waals surface area contributed by atoms with E-state index in [1.54, 1.807) is 18.3 Å². The minimum Gasteiger partial charge on any atom is -0.323 e. The van der Waals surface area contributed by atoms with E-state index in [4.69, 9.17) is 11.6 Å². The molecule has 4 aromatic rings. The van der Waals surface area contributed by atoms with Crippen LogP contribution in [0.4, 0.5) is 41.1 Å². The molecule has 0 atom stereocenters. The lowest BCUT2D eigenvalue weighted by molar-refractivity contribution is -0.137. The van der Waals surface area contributed by atoms with Crippen molar-refractivity contribution < 1.29 is 18.0 Å². The van der Waals surface area contributed by atoms with E-state index in [1.165, 1.54) is 18.9 Å². The van der Waals surface area contributed by atoms with Crippen molar-refractivity contribution in [3.8, 4) is 0 Å². The normalized spacial score (nSPS) is 13.3. The summed E-state index contributed by atoms with van der Waals surface area (Å²) in [5.41, 5.74) is 1.61. The molecule has 2 amide bonds. The Hall–Kier alpha value is -4.19. The summed E-state index contributed by atoms with van der Waals surface area (Å²) in [5, 5.41) is 14.9. The standard InChI is InChI=1S/C25H22ClF3N8O/c1-13-8-21(34-23-11-19(36-37-23)15-3-4-15)33-22(31-13)9-14-2-7-20(30-12-14)35-24(38)32-16-5-6-18(26)17(10-16)25(27,28)29/h2,5-8,10-12,15H,3-4,9H2,1H3,(H2,30,32,35,38)(H2,31,33,34,36,37). The van der Waals surface area contributed by atoms with Crippen LogP contribution in [0.15, 0.2) is 48.7 Å². The molecule has 0 saturated heterocycles. The second kappa shape index (κ2) is 10.3. The number of H-pyrrole nitrogens is 1. The van der Waals surface area contributed by atoms with Gasteiger partial charge in [-0.25, -0.2) is 19.7 Å². The highest BCUT2D eigenvalue weighted by Gasteiger charge is 2.33. The molecule has 4 N–H and O–H groups in total. The Bertz CT molecular complexity index is 1470. The van der Waals surface area contributed by atoms with Gasteiger partial charge >= 0.3 is 12.2 Å². The minimum atomic E-state index is -4.64. The van der Waals surface area contributed by atoms with E-state index in [-0.39, 0.29) is 11.5 Å². The molecule has 196 valence electrons.